The Hall–Kier alpha value is -2.20. The third-order valence-corrected chi connectivity index (χ3v) is 3.03. The Kier molecular flexibility index (Phi) is 2.57. The minimum absolute atomic E-state index is 0.647. The molecule has 0 saturated heterocycles. The van der Waals surface area contributed by atoms with Crippen molar-refractivity contribution in [3.8, 4) is 0 Å². The summed E-state index contributed by atoms with van der Waals surface area (Å²) in [5.41, 5.74) is 1.48. The summed E-state index contributed by atoms with van der Waals surface area (Å²) >= 11 is 0. The molecule has 4 nitrogen and oxygen atoms in total. The van der Waals surface area contributed by atoms with Crippen LogP contribution in [-0.2, 0) is 7.05 Å². The zero-order valence-electron chi connectivity index (χ0n) is 9.99. The molecule has 4 heteroatoms. The number of aliphatic hydroxyl groups is 1. The summed E-state index contributed by atoms with van der Waals surface area (Å²) in [6, 6.07) is 9.60. The number of hydrogen-bond donors (Lipinski definition) is 1. The topological polar surface area (TPSA) is 50.9 Å². The zero-order chi connectivity index (χ0) is 12.5. The first-order chi connectivity index (χ1) is 8.75. The molecule has 0 aliphatic carbocycles. The van der Waals surface area contributed by atoms with Crippen LogP contribution in [0.25, 0.3) is 10.8 Å². The predicted octanol–water partition coefficient (Wildman–Crippen LogP) is 2.05. The Balaban J connectivity index is 2.14. The van der Waals surface area contributed by atoms with E-state index < -0.39 is 6.10 Å². The summed E-state index contributed by atoms with van der Waals surface area (Å²) in [7, 11) is 1.83. The molecule has 0 bridgehead atoms. The average molecular weight is 239 g/mol. The highest BCUT2D eigenvalue weighted by atomic mass is 16.3. The lowest BCUT2D eigenvalue weighted by Crippen LogP contribution is -2.02. The second-order valence-electron chi connectivity index (χ2n) is 4.26. The van der Waals surface area contributed by atoms with Gasteiger partial charge in [0.1, 0.15) is 6.10 Å². The second-order valence-corrected chi connectivity index (χ2v) is 4.26. The van der Waals surface area contributed by atoms with Gasteiger partial charge in [-0.25, -0.2) is 0 Å². The molecule has 0 amide bonds. The first kappa shape index (κ1) is 10.9. The van der Waals surface area contributed by atoms with E-state index in [0.29, 0.717) is 5.69 Å². The number of benzene rings is 1. The molecular weight excluding hydrogens is 226 g/mol. The molecule has 1 aromatic carbocycles. The fourth-order valence-corrected chi connectivity index (χ4v) is 2.11. The number of aliphatic hydroxyl groups excluding tert-OH is 1. The number of aryl methyl sites for hydroxylation is 1. The van der Waals surface area contributed by atoms with Gasteiger partial charge in [0.25, 0.3) is 0 Å². The minimum atomic E-state index is -0.723. The SMILES string of the molecule is Cn1ccc(C(O)c2cccc3ccncc23)n1. The maximum atomic E-state index is 10.4. The van der Waals surface area contributed by atoms with Crippen LogP contribution in [0.3, 0.4) is 0 Å². The van der Waals surface area contributed by atoms with Gasteiger partial charge in [-0.2, -0.15) is 5.10 Å². The van der Waals surface area contributed by atoms with Crippen molar-refractivity contribution in [1.82, 2.24) is 14.8 Å². The van der Waals surface area contributed by atoms with Gasteiger partial charge in [0.2, 0.25) is 0 Å². The summed E-state index contributed by atoms with van der Waals surface area (Å²) in [5, 5.41) is 16.7. The number of aromatic nitrogens is 3. The van der Waals surface area contributed by atoms with Crippen LogP contribution < -0.4 is 0 Å². The molecule has 2 heterocycles. The molecule has 90 valence electrons. The van der Waals surface area contributed by atoms with Gasteiger partial charge < -0.3 is 5.11 Å². The van der Waals surface area contributed by atoms with Crippen molar-refractivity contribution in [2.24, 2.45) is 7.05 Å². The lowest BCUT2D eigenvalue weighted by Gasteiger charge is -2.11. The van der Waals surface area contributed by atoms with Crippen LogP contribution in [0.2, 0.25) is 0 Å². The minimum Gasteiger partial charge on any atom is -0.382 e. The predicted molar refractivity (Wildman–Crippen MR) is 69.0 cm³/mol. The van der Waals surface area contributed by atoms with E-state index in [0.717, 1.165) is 16.3 Å². The highest BCUT2D eigenvalue weighted by Crippen LogP contribution is 2.27. The normalized spacial score (nSPS) is 12.8. The van der Waals surface area contributed by atoms with Crippen LogP contribution in [0.1, 0.15) is 17.4 Å². The molecule has 18 heavy (non-hydrogen) atoms. The number of rotatable bonds is 2. The van der Waals surface area contributed by atoms with Crippen molar-refractivity contribution >= 4 is 10.8 Å². The first-order valence-electron chi connectivity index (χ1n) is 5.76. The molecule has 1 N–H and O–H groups in total. The van der Waals surface area contributed by atoms with Gasteiger partial charge in [-0.15, -0.1) is 0 Å². The molecule has 3 rings (SSSR count). The van der Waals surface area contributed by atoms with Gasteiger partial charge in [0.15, 0.2) is 0 Å². The van der Waals surface area contributed by atoms with E-state index in [1.807, 2.05) is 43.6 Å². The fourth-order valence-electron chi connectivity index (χ4n) is 2.11. The highest BCUT2D eigenvalue weighted by Gasteiger charge is 2.15. The average Bonchev–Trinajstić information content (AvgIpc) is 2.84. The van der Waals surface area contributed by atoms with Crippen LogP contribution in [0, 0.1) is 0 Å². The van der Waals surface area contributed by atoms with Crippen molar-refractivity contribution in [2.75, 3.05) is 0 Å². The van der Waals surface area contributed by atoms with E-state index >= 15 is 0 Å². The largest absolute Gasteiger partial charge is 0.382 e. The van der Waals surface area contributed by atoms with Crippen molar-refractivity contribution in [1.29, 1.82) is 0 Å². The lowest BCUT2D eigenvalue weighted by molar-refractivity contribution is 0.216. The summed E-state index contributed by atoms with van der Waals surface area (Å²) < 4.78 is 1.68. The number of fused-ring (bicyclic) bond motifs is 1. The molecule has 0 saturated carbocycles. The molecule has 0 radical (unpaired) electrons. The Bertz CT molecular complexity index is 685. The van der Waals surface area contributed by atoms with Crippen LogP contribution in [-0.4, -0.2) is 19.9 Å². The van der Waals surface area contributed by atoms with E-state index in [9.17, 15) is 5.11 Å². The first-order valence-corrected chi connectivity index (χ1v) is 5.76. The second kappa shape index (κ2) is 4.23. The Labute approximate surface area is 105 Å². The van der Waals surface area contributed by atoms with Crippen LogP contribution in [0.15, 0.2) is 48.9 Å². The molecular formula is C14H13N3O. The van der Waals surface area contributed by atoms with Gasteiger partial charge in [-0.3, -0.25) is 9.67 Å². The Morgan fingerprint density at radius 1 is 1.22 bits per heavy atom. The van der Waals surface area contributed by atoms with Gasteiger partial charge in [-0.05, 0) is 23.1 Å². The Morgan fingerprint density at radius 3 is 2.89 bits per heavy atom. The van der Waals surface area contributed by atoms with Crippen molar-refractivity contribution in [2.45, 2.75) is 6.10 Å². The molecule has 0 aliphatic rings. The molecule has 1 unspecified atom stereocenters. The molecule has 1 atom stereocenters. The smallest absolute Gasteiger partial charge is 0.123 e. The third kappa shape index (κ3) is 1.76. The van der Waals surface area contributed by atoms with Gasteiger partial charge in [0, 0.05) is 31.0 Å². The van der Waals surface area contributed by atoms with Crippen LogP contribution >= 0.6 is 0 Å². The Morgan fingerprint density at radius 2 is 2.11 bits per heavy atom. The van der Waals surface area contributed by atoms with E-state index in [1.165, 1.54) is 0 Å². The third-order valence-electron chi connectivity index (χ3n) is 3.03. The maximum Gasteiger partial charge on any atom is 0.123 e. The van der Waals surface area contributed by atoms with Gasteiger partial charge in [0.05, 0.1) is 5.69 Å². The van der Waals surface area contributed by atoms with Crippen LogP contribution in [0.5, 0.6) is 0 Å². The van der Waals surface area contributed by atoms with E-state index in [4.69, 9.17) is 0 Å². The zero-order valence-corrected chi connectivity index (χ0v) is 9.99. The highest BCUT2D eigenvalue weighted by molar-refractivity contribution is 5.85. The molecule has 0 spiro atoms. The number of pyridine rings is 1. The molecule has 0 aliphatic heterocycles. The standard InChI is InChI=1S/C14H13N3O/c1-17-8-6-13(16-17)14(18)11-4-2-3-10-5-7-15-9-12(10)11/h2-9,14,18H,1H3. The van der Waals surface area contributed by atoms with Crippen LogP contribution in [0.4, 0.5) is 0 Å². The van der Waals surface area contributed by atoms with Crippen molar-refractivity contribution in [3.63, 3.8) is 0 Å². The molecule has 3 aromatic rings. The summed E-state index contributed by atoms with van der Waals surface area (Å²) in [4.78, 5) is 4.12. The number of nitrogens with zero attached hydrogens (tertiary/aromatic N) is 3. The van der Waals surface area contributed by atoms with E-state index in [-0.39, 0.29) is 0 Å². The fraction of sp³-hybridized carbons (Fsp3) is 0.143. The summed E-state index contributed by atoms with van der Waals surface area (Å²) in [5.74, 6) is 0. The summed E-state index contributed by atoms with van der Waals surface area (Å²) in [6.45, 7) is 0. The monoisotopic (exact) mass is 239 g/mol. The number of hydrogen-bond acceptors (Lipinski definition) is 3. The quantitative estimate of drug-likeness (QED) is 0.744. The van der Waals surface area contributed by atoms with E-state index in [1.54, 1.807) is 17.1 Å². The van der Waals surface area contributed by atoms with Gasteiger partial charge >= 0.3 is 0 Å². The van der Waals surface area contributed by atoms with E-state index in [2.05, 4.69) is 10.1 Å². The molecule has 2 aromatic heterocycles. The lowest BCUT2D eigenvalue weighted by atomic mass is 10.0. The van der Waals surface area contributed by atoms with Crippen molar-refractivity contribution in [3.05, 3.63) is 60.2 Å². The maximum absolute atomic E-state index is 10.4. The molecule has 0 fully saturated rings. The van der Waals surface area contributed by atoms with Crippen molar-refractivity contribution < 1.29 is 5.11 Å². The summed E-state index contributed by atoms with van der Waals surface area (Å²) in [6.07, 6.45) is 4.62. The van der Waals surface area contributed by atoms with Gasteiger partial charge in [-0.1, -0.05) is 18.2 Å².